The number of rotatable bonds is 2. The second-order valence-corrected chi connectivity index (χ2v) is 7.28. The van der Waals surface area contributed by atoms with Crippen LogP contribution in [0.3, 0.4) is 0 Å². The largest absolute Gasteiger partial charge is 0.389 e. The Bertz CT molecular complexity index is 584. The molecule has 0 saturated carbocycles. The minimum absolute atomic E-state index is 0.253. The lowest BCUT2D eigenvalue weighted by atomic mass is 9.77. The summed E-state index contributed by atoms with van der Waals surface area (Å²) in [4.78, 5) is 24.1. The highest BCUT2D eigenvalue weighted by Gasteiger charge is 2.45. The first-order valence-electron chi connectivity index (χ1n) is 7.75. The van der Waals surface area contributed by atoms with E-state index in [4.69, 9.17) is 0 Å². The number of aliphatic hydroxyl groups is 1. The van der Waals surface area contributed by atoms with Crippen molar-refractivity contribution in [3.05, 3.63) is 30.3 Å². The minimum Gasteiger partial charge on any atom is -0.389 e. The van der Waals surface area contributed by atoms with E-state index in [0.29, 0.717) is 12.1 Å². The zero-order valence-electron chi connectivity index (χ0n) is 14.0. The summed E-state index contributed by atoms with van der Waals surface area (Å²) in [5.74, 6) is -1.48. The van der Waals surface area contributed by atoms with Crippen molar-refractivity contribution in [2.24, 2.45) is 0 Å². The van der Waals surface area contributed by atoms with Crippen molar-refractivity contribution >= 4 is 17.5 Å². The fourth-order valence-electron chi connectivity index (χ4n) is 3.23. The van der Waals surface area contributed by atoms with Crippen molar-refractivity contribution in [2.75, 3.05) is 5.32 Å². The van der Waals surface area contributed by atoms with Crippen molar-refractivity contribution in [3.63, 3.8) is 0 Å². The summed E-state index contributed by atoms with van der Waals surface area (Å²) in [6.45, 7) is 7.76. The van der Waals surface area contributed by atoms with Crippen molar-refractivity contribution < 1.29 is 14.7 Å². The molecule has 1 heterocycles. The summed E-state index contributed by atoms with van der Waals surface area (Å²) < 4.78 is 0. The van der Waals surface area contributed by atoms with Crippen LogP contribution in [0.15, 0.2) is 30.3 Å². The molecular formula is C17H25N3O3. The molecule has 1 aromatic rings. The molecule has 1 fully saturated rings. The smallest absolute Gasteiger partial charge is 0.313 e. The maximum Gasteiger partial charge on any atom is 0.313 e. The molecule has 2 amide bonds. The van der Waals surface area contributed by atoms with Crippen molar-refractivity contribution in [1.82, 2.24) is 10.6 Å². The number of aliphatic hydroxyl groups excluding tert-OH is 1. The maximum atomic E-state index is 12.1. The third kappa shape index (κ3) is 4.30. The molecule has 2 unspecified atom stereocenters. The molecule has 0 spiro atoms. The number of amides is 2. The third-order valence-electron chi connectivity index (χ3n) is 4.07. The van der Waals surface area contributed by atoms with Crippen LogP contribution in [0.5, 0.6) is 0 Å². The van der Waals surface area contributed by atoms with Crippen LogP contribution in [-0.2, 0) is 9.59 Å². The number of anilines is 1. The molecule has 1 aliphatic rings. The molecule has 0 aliphatic carbocycles. The molecule has 1 saturated heterocycles. The monoisotopic (exact) mass is 319 g/mol. The van der Waals surface area contributed by atoms with E-state index < -0.39 is 29.5 Å². The second kappa shape index (κ2) is 6.29. The van der Waals surface area contributed by atoms with Gasteiger partial charge in [-0.25, -0.2) is 0 Å². The Hall–Kier alpha value is -1.92. The number of hydrogen-bond acceptors (Lipinski definition) is 4. The Labute approximate surface area is 136 Å². The molecular weight excluding hydrogens is 294 g/mol. The van der Waals surface area contributed by atoms with Crippen LogP contribution >= 0.6 is 0 Å². The van der Waals surface area contributed by atoms with Crippen LogP contribution in [0.25, 0.3) is 0 Å². The average molecular weight is 319 g/mol. The van der Waals surface area contributed by atoms with Crippen LogP contribution in [0.2, 0.25) is 0 Å². The number of carbonyl (C=O) groups excluding carboxylic acids is 2. The fourth-order valence-corrected chi connectivity index (χ4v) is 3.23. The number of piperidine rings is 1. The number of nitrogens with one attached hydrogen (secondary N) is 3. The molecule has 2 atom stereocenters. The Morgan fingerprint density at radius 2 is 1.74 bits per heavy atom. The number of benzene rings is 1. The van der Waals surface area contributed by atoms with Gasteiger partial charge in [-0.2, -0.15) is 0 Å². The van der Waals surface area contributed by atoms with Crippen LogP contribution in [-0.4, -0.2) is 40.1 Å². The summed E-state index contributed by atoms with van der Waals surface area (Å²) in [6, 6.07) is 8.29. The van der Waals surface area contributed by atoms with E-state index >= 15 is 0 Å². The van der Waals surface area contributed by atoms with Gasteiger partial charge in [-0.15, -0.1) is 0 Å². The van der Waals surface area contributed by atoms with Gasteiger partial charge in [0.1, 0.15) is 0 Å². The van der Waals surface area contributed by atoms with Gasteiger partial charge in [0.2, 0.25) is 0 Å². The predicted octanol–water partition coefficient (Wildman–Crippen LogP) is 1.02. The molecule has 1 aromatic carbocycles. The minimum atomic E-state index is -0.788. The molecule has 6 heteroatoms. The van der Waals surface area contributed by atoms with E-state index in [-0.39, 0.29) is 5.54 Å². The molecule has 23 heavy (non-hydrogen) atoms. The topological polar surface area (TPSA) is 90.5 Å². The predicted molar refractivity (Wildman–Crippen MR) is 88.9 cm³/mol. The first-order valence-corrected chi connectivity index (χ1v) is 7.75. The SMILES string of the molecule is CC1(C)CC(NC(=O)C(=O)Nc2ccccc2)C(O)C(C)(C)N1. The lowest BCUT2D eigenvalue weighted by Crippen LogP contribution is -2.70. The van der Waals surface area contributed by atoms with Gasteiger partial charge in [-0.3, -0.25) is 9.59 Å². The first-order chi connectivity index (χ1) is 10.6. The highest BCUT2D eigenvalue weighted by molar-refractivity contribution is 6.39. The summed E-state index contributed by atoms with van der Waals surface area (Å²) in [5, 5.41) is 19.0. The maximum absolute atomic E-state index is 12.1. The molecule has 0 aromatic heterocycles. The van der Waals surface area contributed by atoms with Crippen LogP contribution in [0.4, 0.5) is 5.69 Å². The summed E-state index contributed by atoms with van der Waals surface area (Å²) in [7, 11) is 0. The molecule has 4 N–H and O–H groups in total. The van der Waals surface area contributed by atoms with Gasteiger partial charge in [0.05, 0.1) is 12.1 Å². The summed E-state index contributed by atoms with van der Waals surface area (Å²) in [6.07, 6.45) is -0.258. The van der Waals surface area contributed by atoms with Gasteiger partial charge < -0.3 is 21.1 Å². The van der Waals surface area contributed by atoms with E-state index in [9.17, 15) is 14.7 Å². The Morgan fingerprint density at radius 1 is 1.13 bits per heavy atom. The Balaban J connectivity index is 2.02. The number of hydrogen-bond donors (Lipinski definition) is 4. The van der Waals surface area contributed by atoms with Crippen molar-refractivity contribution in [2.45, 2.75) is 57.3 Å². The zero-order chi connectivity index (χ0) is 17.3. The van der Waals surface area contributed by atoms with Crippen LogP contribution in [0.1, 0.15) is 34.1 Å². The number of carbonyl (C=O) groups is 2. The lowest BCUT2D eigenvalue weighted by Gasteiger charge is -2.49. The average Bonchev–Trinajstić information content (AvgIpc) is 2.44. The van der Waals surface area contributed by atoms with Crippen LogP contribution < -0.4 is 16.0 Å². The van der Waals surface area contributed by atoms with Gasteiger partial charge in [-0.1, -0.05) is 18.2 Å². The summed E-state index contributed by atoms with van der Waals surface area (Å²) in [5.41, 5.74) is -0.259. The van der Waals surface area contributed by atoms with Crippen molar-refractivity contribution in [1.29, 1.82) is 0 Å². The molecule has 0 bridgehead atoms. The van der Waals surface area contributed by atoms with E-state index in [1.807, 2.05) is 33.8 Å². The Kier molecular flexibility index (Phi) is 4.77. The van der Waals surface area contributed by atoms with E-state index in [1.54, 1.807) is 24.3 Å². The molecule has 1 aliphatic heterocycles. The highest BCUT2D eigenvalue weighted by atomic mass is 16.3. The van der Waals surface area contributed by atoms with Gasteiger partial charge in [-0.05, 0) is 46.2 Å². The second-order valence-electron chi connectivity index (χ2n) is 7.28. The Morgan fingerprint density at radius 3 is 2.35 bits per heavy atom. The van der Waals surface area contributed by atoms with E-state index in [1.165, 1.54) is 0 Å². The van der Waals surface area contributed by atoms with Crippen molar-refractivity contribution in [3.8, 4) is 0 Å². The van der Waals surface area contributed by atoms with E-state index in [2.05, 4.69) is 16.0 Å². The fraction of sp³-hybridized carbons (Fsp3) is 0.529. The van der Waals surface area contributed by atoms with Gasteiger partial charge >= 0.3 is 11.8 Å². The van der Waals surface area contributed by atoms with E-state index in [0.717, 1.165) is 0 Å². The molecule has 0 radical (unpaired) electrons. The molecule has 2 rings (SSSR count). The first kappa shape index (κ1) is 17.4. The van der Waals surface area contributed by atoms with Crippen LogP contribution in [0, 0.1) is 0 Å². The third-order valence-corrected chi connectivity index (χ3v) is 4.07. The van der Waals surface area contributed by atoms with Gasteiger partial charge in [0, 0.05) is 16.8 Å². The highest BCUT2D eigenvalue weighted by Crippen LogP contribution is 2.29. The quantitative estimate of drug-likeness (QED) is 0.613. The van der Waals surface area contributed by atoms with Gasteiger partial charge in [0.25, 0.3) is 0 Å². The summed E-state index contributed by atoms with van der Waals surface area (Å²) >= 11 is 0. The molecule has 126 valence electrons. The molecule has 6 nitrogen and oxygen atoms in total. The standard InChI is InChI=1S/C17H25N3O3/c1-16(2)10-12(13(21)17(3,4)20-16)19-15(23)14(22)18-11-8-6-5-7-9-11/h5-9,12-13,20-21H,10H2,1-4H3,(H,18,22)(H,19,23). The number of para-hydroxylation sites is 1. The lowest BCUT2D eigenvalue weighted by molar-refractivity contribution is -0.138. The van der Waals surface area contributed by atoms with Gasteiger partial charge in [0.15, 0.2) is 0 Å². The zero-order valence-corrected chi connectivity index (χ0v) is 14.0. The normalized spacial score (nSPS) is 25.4.